The van der Waals surface area contributed by atoms with Crippen LogP contribution in [0.5, 0.6) is 5.75 Å². The van der Waals surface area contributed by atoms with Crippen LogP contribution in [-0.2, 0) is 6.61 Å². The molecule has 0 bridgehead atoms. The van der Waals surface area contributed by atoms with E-state index in [9.17, 15) is 0 Å². The first kappa shape index (κ1) is 13.6. The Morgan fingerprint density at radius 3 is 2.79 bits per heavy atom. The van der Waals surface area contributed by atoms with E-state index in [0.717, 1.165) is 11.3 Å². The summed E-state index contributed by atoms with van der Waals surface area (Å²) in [7, 11) is 0. The Kier molecular flexibility index (Phi) is 4.19. The van der Waals surface area contributed by atoms with Gasteiger partial charge in [-0.05, 0) is 31.5 Å². The van der Waals surface area contributed by atoms with Crippen LogP contribution in [-0.4, -0.2) is 9.97 Å². The van der Waals surface area contributed by atoms with E-state index in [1.807, 2.05) is 26.0 Å². The van der Waals surface area contributed by atoms with Crippen molar-refractivity contribution in [2.45, 2.75) is 20.5 Å². The highest BCUT2D eigenvalue weighted by molar-refractivity contribution is 6.32. The van der Waals surface area contributed by atoms with Crippen LogP contribution in [0.15, 0.2) is 24.3 Å². The molecule has 0 atom stereocenters. The number of nitrogens with two attached hydrogens (primary N) is 1. The summed E-state index contributed by atoms with van der Waals surface area (Å²) in [6.07, 6.45) is 0. The number of ether oxygens (including phenoxy) is 1. The zero-order valence-corrected chi connectivity index (χ0v) is 11.5. The van der Waals surface area contributed by atoms with E-state index >= 15 is 0 Å². The zero-order chi connectivity index (χ0) is 13.8. The van der Waals surface area contributed by atoms with E-state index in [-0.39, 0.29) is 6.61 Å². The Morgan fingerprint density at radius 1 is 1.26 bits per heavy atom. The molecule has 19 heavy (non-hydrogen) atoms. The molecule has 0 aliphatic carbocycles. The largest absolute Gasteiger partial charge is 0.484 e. The van der Waals surface area contributed by atoms with Crippen LogP contribution < -0.4 is 16.0 Å². The molecule has 0 radical (unpaired) electrons. The summed E-state index contributed by atoms with van der Waals surface area (Å²) in [4.78, 5) is 8.48. The zero-order valence-electron chi connectivity index (χ0n) is 10.8. The van der Waals surface area contributed by atoms with E-state index in [1.165, 1.54) is 0 Å². The SMILES string of the molecule is Cc1ccc(Cl)c(OCc2nc(C)cc(NN)n2)c1. The topological polar surface area (TPSA) is 73.1 Å². The summed E-state index contributed by atoms with van der Waals surface area (Å²) < 4.78 is 5.63. The Hall–Kier alpha value is -1.85. The van der Waals surface area contributed by atoms with Gasteiger partial charge in [-0.15, -0.1) is 0 Å². The van der Waals surface area contributed by atoms with Crippen molar-refractivity contribution in [2.24, 2.45) is 5.84 Å². The first-order valence-corrected chi connectivity index (χ1v) is 6.16. The van der Waals surface area contributed by atoms with Gasteiger partial charge in [0.05, 0.1) is 5.02 Å². The van der Waals surface area contributed by atoms with Gasteiger partial charge in [0.2, 0.25) is 0 Å². The monoisotopic (exact) mass is 278 g/mol. The number of halogens is 1. The van der Waals surface area contributed by atoms with Gasteiger partial charge in [0, 0.05) is 11.8 Å². The predicted molar refractivity (Wildman–Crippen MR) is 75.1 cm³/mol. The summed E-state index contributed by atoms with van der Waals surface area (Å²) >= 11 is 6.05. The number of hydrogen-bond acceptors (Lipinski definition) is 5. The molecule has 2 rings (SSSR count). The van der Waals surface area contributed by atoms with E-state index < -0.39 is 0 Å². The van der Waals surface area contributed by atoms with Crippen LogP contribution in [0.3, 0.4) is 0 Å². The molecule has 0 spiro atoms. The van der Waals surface area contributed by atoms with E-state index in [2.05, 4.69) is 15.4 Å². The van der Waals surface area contributed by atoms with Crippen LogP contribution in [0.1, 0.15) is 17.1 Å². The second kappa shape index (κ2) is 5.86. The van der Waals surface area contributed by atoms with Gasteiger partial charge in [-0.1, -0.05) is 17.7 Å². The number of benzene rings is 1. The molecule has 100 valence electrons. The molecule has 3 N–H and O–H groups in total. The Bertz CT molecular complexity index is 589. The van der Waals surface area contributed by atoms with Crippen LogP contribution >= 0.6 is 11.6 Å². The van der Waals surface area contributed by atoms with E-state index in [1.54, 1.807) is 12.1 Å². The van der Waals surface area contributed by atoms with Crippen molar-refractivity contribution >= 4 is 17.4 Å². The number of aromatic nitrogens is 2. The first-order chi connectivity index (χ1) is 9.08. The highest BCUT2D eigenvalue weighted by atomic mass is 35.5. The maximum absolute atomic E-state index is 6.05. The minimum absolute atomic E-state index is 0.236. The molecule has 0 fully saturated rings. The standard InChI is InChI=1S/C13H15ClN4O/c1-8-3-4-10(14)11(5-8)19-7-13-16-9(2)6-12(17-13)18-15/h3-6H,7,15H2,1-2H3,(H,16,17,18). The third kappa shape index (κ3) is 3.56. The molecule has 0 amide bonds. The third-order valence-electron chi connectivity index (χ3n) is 2.49. The lowest BCUT2D eigenvalue weighted by Crippen LogP contribution is -2.12. The summed E-state index contributed by atoms with van der Waals surface area (Å²) in [6.45, 7) is 4.08. The fourth-order valence-corrected chi connectivity index (χ4v) is 1.80. The lowest BCUT2D eigenvalue weighted by Gasteiger charge is -2.09. The molecule has 0 aliphatic heterocycles. The summed E-state index contributed by atoms with van der Waals surface area (Å²) in [6, 6.07) is 7.36. The maximum Gasteiger partial charge on any atom is 0.168 e. The first-order valence-electron chi connectivity index (χ1n) is 5.78. The van der Waals surface area contributed by atoms with Crippen LogP contribution in [0, 0.1) is 13.8 Å². The highest BCUT2D eigenvalue weighted by Crippen LogP contribution is 2.25. The third-order valence-corrected chi connectivity index (χ3v) is 2.80. The summed E-state index contributed by atoms with van der Waals surface area (Å²) in [5.74, 6) is 7.06. The number of anilines is 1. The van der Waals surface area contributed by atoms with Gasteiger partial charge in [-0.25, -0.2) is 15.8 Å². The van der Waals surface area contributed by atoms with Crippen molar-refractivity contribution < 1.29 is 4.74 Å². The minimum Gasteiger partial charge on any atom is -0.484 e. The normalized spacial score (nSPS) is 10.3. The lowest BCUT2D eigenvalue weighted by molar-refractivity contribution is 0.295. The Labute approximate surface area is 116 Å². The van der Waals surface area contributed by atoms with Crippen molar-refractivity contribution in [3.8, 4) is 5.75 Å². The molecule has 1 aromatic carbocycles. The van der Waals surface area contributed by atoms with Crippen molar-refractivity contribution in [1.29, 1.82) is 0 Å². The number of nitrogens with zero attached hydrogens (tertiary/aromatic N) is 2. The predicted octanol–water partition coefficient (Wildman–Crippen LogP) is 2.61. The molecule has 0 saturated heterocycles. The van der Waals surface area contributed by atoms with Crippen LogP contribution in [0.25, 0.3) is 0 Å². The molecule has 0 unspecified atom stereocenters. The molecule has 0 aliphatic rings. The van der Waals surface area contributed by atoms with Crippen molar-refractivity contribution in [1.82, 2.24) is 9.97 Å². The summed E-state index contributed by atoms with van der Waals surface area (Å²) in [5.41, 5.74) is 4.39. The minimum atomic E-state index is 0.236. The van der Waals surface area contributed by atoms with Crippen molar-refractivity contribution in [3.05, 3.63) is 46.4 Å². The lowest BCUT2D eigenvalue weighted by atomic mass is 10.2. The van der Waals surface area contributed by atoms with Crippen molar-refractivity contribution in [2.75, 3.05) is 5.43 Å². The molecule has 6 heteroatoms. The van der Waals surface area contributed by atoms with Gasteiger partial charge >= 0.3 is 0 Å². The van der Waals surface area contributed by atoms with Crippen molar-refractivity contribution in [3.63, 3.8) is 0 Å². The number of nitrogens with one attached hydrogen (secondary N) is 1. The average molecular weight is 279 g/mol. The molecular formula is C13H15ClN4O. The number of hydrogen-bond donors (Lipinski definition) is 2. The number of hydrazine groups is 1. The molecule has 0 saturated carbocycles. The van der Waals surface area contributed by atoms with Gasteiger partial charge < -0.3 is 10.2 Å². The van der Waals surface area contributed by atoms with E-state index in [0.29, 0.717) is 22.4 Å². The Morgan fingerprint density at radius 2 is 2.05 bits per heavy atom. The van der Waals surface area contributed by atoms with Gasteiger partial charge in [0.25, 0.3) is 0 Å². The summed E-state index contributed by atoms with van der Waals surface area (Å²) in [5, 5.41) is 0.565. The van der Waals surface area contributed by atoms with Gasteiger partial charge in [-0.2, -0.15) is 0 Å². The number of aryl methyl sites for hydroxylation is 2. The molecule has 1 heterocycles. The number of nitrogen functional groups attached to an aromatic ring is 1. The average Bonchev–Trinajstić information content (AvgIpc) is 2.39. The second-order valence-corrected chi connectivity index (χ2v) is 4.58. The molecule has 5 nitrogen and oxygen atoms in total. The maximum atomic E-state index is 6.05. The Balaban J connectivity index is 2.14. The van der Waals surface area contributed by atoms with E-state index in [4.69, 9.17) is 22.2 Å². The highest BCUT2D eigenvalue weighted by Gasteiger charge is 2.05. The van der Waals surface area contributed by atoms with Gasteiger partial charge in [0.15, 0.2) is 5.82 Å². The second-order valence-electron chi connectivity index (χ2n) is 4.18. The van der Waals surface area contributed by atoms with Crippen LogP contribution in [0.2, 0.25) is 5.02 Å². The quantitative estimate of drug-likeness (QED) is 0.664. The molecule has 2 aromatic rings. The number of rotatable bonds is 4. The molecular weight excluding hydrogens is 264 g/mol. The fourth-order valence-electron chi connectivity index (χ4n) is 1.63. The fraction of sp³-hybridized carbons (Fsp3) is 0.231. The molecule has 1 aromatic heterocycles. The van der Waals surface area contributed by atoms with Gasteiger partial charge in [-0.3, -0.25) is 0 Å². The van der Waals surface area contributed by atoms with Crippen LogP contribution in [0.4, 0.5) is 5.82 Å². The smallest absolute Gasteiger partial charge is 0.168 e. The van der Waals surface area contributed by atoms with Gasteiger partial charge in [0.1, 0.15) is 18.2 Å².